The van der Waals surface area contributed by atoms with Gasteiger partial charge in [-0.1, -0.05) is 0 Å². The van der Waals surface area contributed by atoms with Crippen LogP contribution in [0.25, 0.3) is 17.2 Å². The highest BCUT2D eigenvalue weighted by Gasteiger charge is 2.38. The molecule has 8 heteroatoms. The second kappa shape index (κ2) is 6.22. The van der Waals surface area contributed by atoms with Gasteiger partial charge in [-0.3, -0.25) is 0 Å². The third-order valence-electron chi connectivity index (χ3n) is 5.88. The van der Waals surface area contributed by atoms with Crippen LogP contribution in [-0.2, 0) is 16.0 Å². The van der Waals surface area contributed by atoms with Crippen molar-refractivity contribution in [1.82, 2.24) is 0 Å². The fraction of sp³-hybridized carbons (Fsp3) is 0.318. The quantitative estimate of drug-likeness (QED) is 0.699. The number of hydrogen-bond donors (Lipinski definition) is 0. The second-order valence-corrected chi connectivity index (χ2v) is 7.38. The van der Waals surface area contributed by atoms with Crippen molar-refractivity contribution in [2.45, 2.75) is 6.42 Å². The lowest BCUT2D eigenvalue weighted by atomic mass is 9.82. The molecule has 1 saturated heterocycles. The van der Waals surface area contributed by atoms with Crippen LogP contribution in [0, 0.1) is 5.92 Å². The summed E-state index contributed by atoms with van der Waals surface area (Å²) in [5.41, 5.74) is 3.90. The van der Waals surface area contributed by atoms with Crippen LogP contribution in [0.5, 0.6) is 34.5 Å². The maximum absolute atomic E-state index is 12.4. The number of ether oxygens (including phenoxy) is 7. The fourth-order valence-corrected chi connectivity index (χ4v) is 4.59. The highest BCUT2D eigenvalue weighted by Crippen LogP contribution is 2.57. The number of rotatable bonds is 2. The molecule has 154 valence electrons. The number of benzene rings is 2. The van der Waals surface area contributed by atoms with Crippen molar-refractivity contribution in [2.24, 2.45) is 5.92 Å². The van der Waals surface area contributed by atoms with Crippen LogP contribution in [0.4, 0.5) is 0 Å². The smallest absolute Gasteiger partial charge is 0.334 e. The van der Waals surface area contributed by atoms with Crippen molar-refractivity contribution < 1.29 is 38.0 Å². The highest BCUT2D eigenvalue weighted by molar-refractivity contribution is 6.00. The van der Waals surface area contributed by atoms with E-state index in [1.165, 1.54) is 0 Å². The molecule has 3 aliphatic heterocycles. The second-order valence-electron chi connectivity index (χ2n) is 7.38. The minimum absolute atomic E-state index is 0.0779. The average Bonchev–Trinajstić information content (AvgIpc) is 3.47. The lowest BCUT2D eigenvalue weighted by Gasteiger charge is -2.24. The third-order valence-corrected chi connectivity index (χ3v) is 5.88. The van der Waals surface area contributed by atoms with Gasteiger partial charge in [0, 0.05) is 22.6 Å². The Hall–Kier alpha value is -3.55. The van der Waals surface area contributed by atoms with E-state index in [4.69, 9.17) is 33.2 Å². The minimum Gasteiger partial charge on any atom is -0.492 e. The van der Waals surface area contributed by atoms with Gasteiger partial charge in [-0.15, -0.1) is 0 Å². The van der Waals surface area contributed by atoms with Crippen LogP contribution < -0.4 is 28.4 Å². The van der Waals surface area contributed by atoms with Crippen molar-refractivity contribution in [3.63, 3.8) is 0 Å². The van der Waals surface area contributed by atoms with E-state index in [0.29, 0.717) is 53.1 Å². The monoisotopic (exact) mass is 410 g/mol. The number of esters is 1. The Morgan fingerprint density at radius 3 is 2.23 bits per heavy atom. The zero-order valence-electron chi connectivity index (χ0n) is 16.4. The Morgan fingerprint density at radius 1 is 0.867 bits per heavy atom. The van der Waals surface area contributed by atoms with E-state index in [1.54, 1.807) is 14.2 Å². The Bertz CT molecular complexity index is 1130. The molecule has 1 fully saturated rings. The number of hydrogen-bond acceptors (Lipinski definition) is 8. The molecule has 6 rings (SSSR count). The molecule has 30 heavy (non-hydrogen) atoms. The van der Waals surface area contributed by atoms with Gasteiger partial charge in [-0.2, -0.15) is 0 Å². The van der Waals surface area contributed by atoms with Crippen molar-refractivity contribution in [1.29, 1.82) is 0 Å². The molecule has 0 bridgehead atoms. The number of carbonyl (C=O) groups is 1. The van der Waals surface area contributed by atoms with Crippen molar-refractivity contribution in [3.05, 3.63) is 28.8 Å². The Balaban J connectivity index is 1.74. The van der Waals surface area contributed by atoms with Crippen LogP contribution in [0.1, 0.15) is 11.1 Å². The van der Waals surface area contributed by atoms with E-state index in [9.17, 15) is 4.79 Å². The summed E-state index contributed by atoms with van der Waals surface area (Å²) in [5, 5.41) is 0. The molecule has 1 atom stereocenters. The van der Waals surface area contributed by atoms with Crippen LogP contribution in [-0.4, -0.2) is 40.4 Å². The van der Waals surface area contributed by atoms with E-state index < -0.39 is 0 Å². The highest BCUT2D eigenvalue weighted by atomic mass is 16.7. The standard InChI is InChI=1S/C22H18O8/c1-24-20-16-10(5-14-18(20)29-8-27-14)3-12-7-26-22(23)13(12)4-11-6-15-19(30-9-28-15)21(25-2)17(11)16/h4-6,12H,3,7-9H2,1-2H3/b13-4+. The third kappa shape index (κ3) is 2.24. The van der Waals surface area contributed by atoms with E-state index in [1.807, 2.05) is 18.2 Å². The SMILES string of the molecule is COc1c2c(cc3c1-c1c(cc4c(c1OC)OCO4)CC1COC(=O)/C1=C/3)OCO2. The van der Waals surface area contributed by atoms with Crippen molar-refractivity contribution >= 4 is 12.0 Å². The van der Waals surface area contributed by atoms with Gasteiger partial charge in [-0.25, -0.2) is 4.79 Å². The number of fused-ring (bicyclic) bond motifs is 6. The first-order valence-electron chi connectivity index (χ1n) is 9.58. The molecule has 8 nitrogen and oxygen atoms in total. The number of carbonyl (C=O) groups excluding carboxylic acids is 1. The maximum Gasteiger partial charge on any atom is 0.334 e. The van der Waals surface area contributed by atoms with Crippen LogP contribution in [0.3, 0.4) is 0 Å². The molecule has 3 heterocycles. The normalized spacial score (nSPS) is 21.5. The van der Waals surface area contributed by atoms with Gasteiger partial charge in [0.2, 0.25) is 25.1 Å². The van der Waals surface area contributed by atoms with Gasteiger partial charge in [0.25, 0.3) is 0 Å². The number of methoxy groups -OCH3 is 2. The molecule has 1 unspecified atom stereocenters. The van der Waals surface area contributed by atoms with E-state index in [2.05, 4.69) is 0 Å². The molecule has 2 aromatic rings. The van der Waals surface area contributed by atoms with Crippen molar-refractivity contribution in [3.8, 4) is 45.6 Å². The summed E-state index contributed by atoms with van der Waals surface area (Å²) >= 11 is 0. The minimum atomic E-state index is -0.307. The lowest BCUT2D eigenvalue weighted by molar-refractivity contribution is -0.135. The Kier molecular flexibility index (Phi) is 3.59. The van der Waals surface area contributed by atoms with Crippen LogP contribution in [0.15, 0.2) is 17.7 Å². The van der Waals surface area contributed by atoms with Gasteiger partial charge in [-0.05, 0) is 35.8 Å². The molecule has 1 aliphatic carbocycles. The first kappa shape index (κ1) is 17.3. The summed E-state index contributed by atoms with van der Waals surface area (Å²) in [6, 6.07) is 3.80. The topological polar surface area (TPSA) is 81.7 Å². The largest absolute Gasteiger partial charge is 0.492 e. The summed E-state index contributed by atoms with van der Waals surface area (Å²) in [6.07, 6.45) is 2.43. The van der Waals surface area contributed by atoms with Crippen molar-refractivity contribution in [2.75, 3.05) is 34.4 Å². The molecule has 0 N–H and O–H groups in total. The predicted molar refractivity (Wildman–Crippen MR) is 103 cm³/mol. The zero-order valence-corrected chi connectivity index (χ0v) is 16.4. The molecule has 0 radical (unpaired) electrons. The van der Waals surface area contributed by atoms with E-state index >= 15 is 0 Å². The predicted octanol–water partition coefficient (Wildman–Crippen LogP) is 2.94. The first-order chi connectivity index (χ1) is 14.7. The molecule has 0 spiro atoms. The summed E-state index contributed by atoms with van der Waals surface area (Å²) in [6.45, 7) is 0.549. The summed E-state index contributed by atoms with van der Waals surface area (Å²) in [7, 11) is 3.17. The van der Waals surface area contributed by atoms with Gasteiger partial charge >= 0.3 is 5.97 Å². The average molecular weight is 410 g/mol. The van der Waals surface area contributed by atoms with E-state index in [-0.39, 0.29) is 25.5 Å². The fourth-order valence-electron chi connectivity index (χ4n) is 4.59. The van der Waals surface area contributed by atoms with Gasteiger partial charge in [0.15, 0.2) is 23.0 Å². The van der Waals surface area contributed by atoms with E-state index in [0.717, 1.165) is 22.3 Å². The first-order valence-corrected chi connectivity index (χ1v) is 9.58. The summed E-state index contributed by atoms with van der Waals surface area (Å²) in [5.74, 6) is 2.93. The van der Waals surface area contributed by atoms with Gasteiger partial charge in [0.05, 0.1) is 20.8 Å². The van der Waals surface area contributed by atoms with Gasteiger partial charge < -0.3 is 33.2 Å². The molecule has 4 aliphatic rings. The molecule has 0 saturated carbocycles. The summed E-state index contributed by atoms with van der Waals surface area (Å²) in [4.78, 5) is 12.4. The van der Waals surface area contributed by atoms with Crippen LogP contribution >= 0.6 is 0 Å². The lowest BCUT2D eigenvalue weighted by Crippen LogP contribution is -2.12. The van der Waals surface area contributed by atoms with Gasteiger partial charge in [0.1, 0.15) is 0 Å². The Labute approximate surface area is 171 Å². The maximum atomic E-state index is 12.4. The Morgan fingerprint density at radius 2 is 1.53 bits per heavy atom. The zero-order chi connectivity index (χ0) is 20.4. The van der Waals surface area contributed by atoms with Crippen LogP contribution in [0.2, 0.25) is 0 Å². The molecular formula is C22H18O8. The molecule has 0 amide bonds. The molecule has 2 aromatic carbocycles. The summed E-state index contributed by atoms with van der Waals surface area (Å²) < 4.78 is 39.6. The molecule has 0 aromatic heterocycles. The molecular weight excluding hydrogens is 392 g/mol. The number of cyclic esters (lactones) is 1.